The molecule has 2 unspecified atom stereocenters. The van der Waals surface area contributed by atoms with Crippen LogP contribution >= 0.6 is 23.2 Å². The molecule has 0 bridgehead atoms. The molecule has 1 nitrogen and oxygen atoms in total. The van der Waals surface area contributed by atoms with E-state index < -0.39 is 0 Å². The van der Waals surface area contributed by atoms with Crippen molar-refractivity contribution in [2.75, 3.05) is 11.8 Å². The Morgan fingerprint density at radius 2 is 1.50 bits per heavy atom. The summed E-state index contributed by atoms with van der Waals surface area (Å²) in [5.41, 5.74) is 0. The smallest absolute Gasteiger partial charge is 0.140 e. The lowest BCUT2D eigenvalue weighted by Gasteiger charge is -2.10. The average Bonchev–Trinajstić information content (AvgIpc) is 2.00. The van der Waals surface area contributed by atoms with Gasteiger partial charge in [-0.3, -0.25) is 4.79 Å². The molecule has 0 N–H and O–H groups in total. The third-order valence-corrected chi connectivity index (χ3v) is 2.36. The Kier molecular flexibility index (Phi) is 5.10. The van der Waals surface area contributed by atoms with Gasteiger partial charge in [-0.1, -0.05) is 13.8 Å². The molecule has 0 saturated heterocycles. The van der Waals surface area contributed by atoms with Crippen molar-refractivity contribution in [1.82, 2.24) is 0 Å². The minimum absolute atomic E-state index is 0.0598. The molecule has 0 spiro atoms. The fourth-order valence-corrected chi connectivity index (χ4v) is 0.942. The van der Waals surface area contributed by atoms with Gasteiger partial charge in [-0.15, -0.1) is 23.2 Å². The Labute approximate surface area is 71.7 Å². The van der Waals surface area contributed by atoms with E-state index in [-0.39, 0.29) is 17.6 Å². The minimum atomic E-state index is -0.0598. The summed E-state index contributed by atoms with van der Waals surface area (Å²) in [6.45, 7) is 3.64. The number of Topliss-reactive ketones (excluding diaryl/α,β-unsaturated/α-hetero) is 1. The van der Waals surface area contributed by atoms with E-state index in [1.54, 1.807) is 0 Å². The summed E-state index contributed by atoms with van der Waals surface area (Å²) < 4.78 is 0. The lowest BCUT2D eigenvalue weighted by molar-refractivity contribution is -0.124. The molecule has 0 rings (SSSR count). The summed E-state index contributed by atoms with van der Waals surface area (Å²) >= 11 is 11.0. The van der Waals surface area contributed by atoms with Gasteiger partial charge in [0.15, 0.2) is 0 Å². The summed E-state index contributed by atoms with van der Waals surface area (Å²) in [5, 5.41) is 0. The van der Waals surface area contributed by atoms with Crippen molar-refractivity contribution in [3.8, 4) is 0 Å². The molecule has 0 aliphatic heterocycles. The second-order valence-electron chi connectivity index (χ2n) is 2.51. The molecule has 0 aromatic rings. The molecule has 0 fully saturated rings. The molecule has 0 radical (unpaired) electrons. The third kappa shape index (κ3) is 2.89. The van der Waals surface area contributed by atoms with Crippen LogP contribution in [0.3, 0.4) is 0 Å². The van der Waals surface area contributed by atoms with Crippen molar-refractivity contribution in [1.29, 1.82) is 0 Å². The van der Waals surface area contributed by atoms with E-state index in [0.717, 1.165) is 0 Å². The monoisotopic (exact) mass is 182 g/mol. The fraction of sp³-hybridized carbons (Fsp3) is 0.857. The van der Waals surface area contributed by atoms with Crippen molar-refractivity contribution in [3.05, 3.63) is 0 Å². The highest BCUT2D eigenvalue weighted by Gasteiger charge is 2.17. The SMILES string of the molecule is CC(CCl)C(=O)C(C)CCl. The van der Waals surface area contributed by atoms with Gasteiger partial charge in [0, 0.05) is 23.6 Å². The number of hydrogen-bond donors (Lipinski definition) is 0. The first-order chi connectivity index (χ1) is 4.63. The summed E-state index contributed by atoms with van der Waals surface area (Å²) in [7, 11) is 0. The van der Waals surface area contributed by atoms with Crippen LogP contribution in [-0.2, 0) is 4.79 Å². The second kappa shape index (κ2) is 4.97. The molecule has 0 aromatic heterocycles. The van der Waals surface area contributed by atoms with E-state index in [1.807, 2.05) is 13.8 Å². The number of ketones is 1. The van der Waals surface area contributed by atoms with Crippen LogP contribution in [0, 0.1) is 11.8 Å². The summed E-state index contributed by atoms with van der Waals surface area (Å²) in [6, 6.07) is 0. The van der Waals surface area contributed by atoms with Crippen LogP contribution in [0.1, 0.15) is 13.8 Å². The van der Waals surface area contributed by atoms with Crippen molar-refractivity contribution in [3.63, 3.8) is 0 Å². The average molecular weight is 183 g/mol. The van der Waals surface area contributed by atoms with Gasteiger partial charge in [0.05, 0.1) is 0 Å². The lowest BCUT2D eigenvalue weighted by Crippen LogP contribution is -2.21. The van der Waals surface area contributed by atoms with Crippen LogP contribution in [0.25, 0.3) is 0 Å². The predicted octanol–water partition coefficient (Wildman–Crippen LogP) is 2.31. The Bertz CT molecular complexity index is 102. The topological polar surface area (TPSA) is 17.1 Å². The van der Waals surface area contributed by atoms with Crippen molar-refractivity contribution >= 4 is 29.0 Å². The third-order valence-electron chi connectivity index (χ3n) is 1.43. The van der Waals surface area contributed by atoms with Gasteiger partial charge in [-0.05, 0) is 0 Å². The molecule has 0 aliphatic carbocycles. The van der Waals surface area contributed by atoms with Crippen LogP contribution in [0.5, 0.6) is 0 Å². The molecule has 0 saturated carbocycles. The van der Waals surface area contributed by atoms with E-state index in [4.69, 9.17) is 23.2 Å². The van der Waals surface area contributed by atoms with Crippen LogP contribution in [0.15, 0.2) is 0 Å². The summed E-state index contributed by atoms with van der Waals surface area (Å²) in [4.78, 5) is 11.1. The van der Waals surface area contributed by atoms with Crippen molar-refractivity contribution in [2.45, 2.75) is 13.8 Å². The summed E-state index contributed by atoms with van der Waals surface area (Å²) in [5.74, 6) is 0.816. The van der Waals surface area contributed by atoms with Crippen LogP contribution in [0.4, 0.5) is 0 Å². The number of carbonyl (C=O) groups excluding carboxylic acids is 1. The first kappa shape index (κ1) is 10.2. The van der Waals surface area contributed by atoms with Gasteiger partial charge < -0.3 is 0 Å². The molecule has 0 amide bonds. The normalized spacial score (nSPS) is 16.4. The Balaban J connectivity index is 3.82. The maximum atomic E-state index is 11.1. The molecule has 3 heteroatoms. The maximum absolute atomic E-state index is 11.1. The lowest BCUT2D eigenvalue weighted by atomic mass is 9.99. The fourth-order valence-electron chi connectivity index (χ4n) is 0.638. The van der Waals surface area contributed by atoms with Crippen LogP contribution in [0.2, 0.25) is 0 Å². The maximum Gasteiger partial charge on any atom is 0.140 e. The molecule has 0 aromatic carbocycles. The Morgan fingerprint density at radius 1 is 1.20 bits per heavy atom. The van der Waals surface area contributed by atoms with Gasteiger partial charge in [-0.25, -0.2) is 0 Å². The van der Waals surface area contributed by atoms with E-state index in [1.165, 1.54) is 0 Å². The highest BCUT2D eigenvalue weighted by molar-refractivity contribution is 6.21. The number of alkyl halides is 2. The van der Waals surface area contributed by atoms with Gasteiger partial charge in [-0.2, -0.15) is 0 Å². The largest absolute Gasteiger partial charge is 0.299 e. The predicted molar refractivity (Wildman–Crippen MR) is 44.8 cm³/mol. The number of carbonyl (C=O) groups is 1. The quantitative estimate of drug-likeness (QED) is 0.611. The van der Waals surface area contributed by atoms with Gasteiger partial charge in [0.2, 0.25) is 0 Å². The second-order valence-corrected chi connectivity index (χ2v) is 3.13. The first-order valence-corrected chi connectivity index (χ1v) is 4.36. The van der Waals surface area contributed by atoms with E-state index in [0.29, 0.717) is 11.8 Å². The number of hydrogen-bond acceptors (Lipinski definition) is 1. The summed E-state index contributed by atoms with van der Waals surface area (Å²) in [6.07, 6.45) is 0. The zero-order chi connectivity index (χ0) is 8.15. The molecule has 60 valence electrons. The van der Waals surface area contributed by atoms with Crippen LogP contribution < -0.4 is 0 Å². The molecule has 2 atom stereocenters. The standard InChI is InChI=1S/C7H12Cl2O/c1-5(3-8)7(10)6(2)4-9/h5-6H,3-4H2,1-2H3. The molecular weight excluding hydrogens is 171 g/mol. The van der Waals surface area contributed by atoms with Crippen LogP contribution in [-0.4, -0.2) is 17.5 Å². The highest BCUT2D eigenvalue weighted by Crippen LogP contribution is 2.09. The Morgan fingerprint density at radius 3 is 1.70 bits per heavy atom. The number of halogens is 2. The molecular formula is C7H12Cl2O. The van der Waals surface area contributed by atoms with Crippen molar-refractivity contribution in [2.24, 2.45) is 11.8 Å². The van der Waals surface area contributed by atoms with E-state index >= 15 is 0 Å². The number of rotatable bonds is 4. The van der Waals surface area contributed by atoms with Gasteiger partial charge >= 0.3 is 0 Å². The molecule has 10 heavy (non-hydrogen) atoms. The van der Waals surface area contributed by atoms with Gasteiger partial charge in [0.1, 0.15) is 5.78 Å². The van der Waals surface area contributed by atoms with Crippen molar-refractivity contribution < 1.29 is 4.79 Å². The zero-order valence-corrected chi connectivity index (χ0v) is 7.74. The molecule has 0 aliphatic rings. The Hall–Kier alpha value is 0.250. The van der Waals surface area contributed by atoms with Gasteiger partial charge in [0.25, 0.3) is 0 Å². The highest BCUT2D eigenvalue weighted by atomic mass is 35.5. The minimum Gasteiger partial charge on any atom is -0.299 e. The zero-order valence-electron chi connectivity index (χ0n) is 6.23. The van der Waals surface area contributed by atoms with E-state index in [9.17, 15) is 4.79 Å². The molecule has 0 heterocycles. The van der Waals surface area contributed by atoms with E-state index in [2.05, 4.69) is 0 Å². The first-order valence-electron chi connectivity index (χ1n) is 3.29.